The number of benzene rings is 2. The minimum absolute atomic E-state index is 0.135. The van der Waals surface area contributed by atoms with Gasteiger partial charge in [0, 0.05) is 30.9 Å². The van der Waals surface area contributed by atoms with E-state index < -0.39 is 0 Å². The van der Waals surface area contributed by atoms with E-state index in [1.54, 1.807) is 6.07 Å². The Morgan fingerprint density at radius 1 is 0.860 bits per heavy atom. The highest BCUT2D eigenvalue weighted by Crippen LogP contribution is 2.54. The van der Waals surface area contributed by atoms with Gasteiger partial charge in [-0.05, 0) is 126 Å². The highest BCUT2D eigenvalue weighted by Gasteiger charge is 2.45. The van der Waals surface area contributed by atoms with Crippen molar-refractivity contribution in [1.82, 2.24) is 9.80 Å². The maximum absolute atomic E-state index is 13.7. The third kappa shape index (κ3) is 9.57. The SMILES string of the molecule is C=C.C=C.C=CN1CCC(N2CCC3(CC2)CC3)CC1.CCC[C@H]1CCC[C@@H](c2cccc(F)c2)N1c1ccc(C)cc1. The van der Waals surface area contributed by atoms with Crippen molar-refractivity contribution >= 4 is 5.69 Å². The Balaban J connectivity index is 0.000000221. The Labute approximate surface area is 263 Å². The van der Waals surface area contributed by atoms with Crippen LogP contribution in [0.15, 0.2) is 87.6 Å². The second-order valence-corrected chi connectivity index (χ2v) is 12.7. The number of rotatable bonds is 6. The van der Waals surface area contributed by atoms with Crippen molar-refractivity contribution < 1.29 is 4.39 Å². The van der Waals surface area contributed by atoms with Crippen LogP contribution in [0.3, 0.4) is 0 Å². The Morgan fingerprint density at radius 2 is 1.51 bits per heavy atom. The van der Waals surface area contributed by atoms with E-state index in [0.717, 1.165) is 23.4 Å². The second-order valence-electron chi connectivity index (χ2n) is 12.7. The Bertz CT molecular complexity index is 1070. The topological polar surface area (TPSA) is 9.72 Å². The van der Waals surface area contributed by atoms with Crippen LogP contribution in [0, 0.1) is 18.2 Å². The first-order chi connectivity index (χ1) is 21.0. The van der Waals surface area contributed by atoms with E-state index in [2.05, 4.69) is 91.8 Å². The summed E-state index contributed by atoms with van der Waals surface area (Å²) in [4.78, 5) is 7.67. The molecule has 0 aromatic heterocycles. The summed E-state index contributed by atoms with van der Waals surface area (Å²) in [7, 11) is 0. The number of hydrogen-bond acceptors (Lipinski definition) is 3. The van der Waals surface area contributed by atoms with E-state index in [-0.39, 0.29) is 11.9 Å². The maximum Gasteiger partial charge on any atom is 0.123 e. The molecule has 2 atom stereocenters. The molecule has 0 unspecified atom stereocenters. The fourth-order valence-electron chi connectivity index (χ4n) is 7.32. The molecule has 6 rings (SSSR count). The van der Waals surface area contributed by atoms with Crippen molar-refractivity contribution in [3.8, 4) is 0 Å². The van der Waals surface area contributed by atoms with Crippen LogP contribution in [-0.4, -0.2) is 48.1 Å². The van der Waals surface area contributed by atoms with E-state index in [0.29, 0.717) is 6.04 Å². The van der Waals surface area contributed by atoms with Crippen LogP contribution in [0.4, 0.5) is 10.1 Å². The molecule has 3 aliphatic heterocycles. The molecular weight excluding hydrogens is 529 g/mol. The molecule has 1 spiro atoms. The van der Waals surface area contributed by atoms with Gasteiger partial charge < -0.3 is 14.7 Å². The molecule has 2 aromatic carbocycles. The summed E-state index contributed by atoms with van der Waals surface area (Å²) in [5.41, 5.74) is 4.48. The van der Waals surface area contributed by atoms with Crippen molar-refractivity contribution in [1.29, 1.82) is 0 Å². The summed E-state index contributed by atoms with van der Waals surface area (Å²) < 4.78 is 13.7. The number of halogens is 1. The Morgan fingerprint density at radius 3 is 2.07 bits per heavy atom. The van der Waals surface area contributed by atoms with Gasteiger partial charge in [0.25, 0.3) is 0 Å². The molecule has 2 aromatic rings. The molecule has 0 N–H and O–H groups in total. The average Bonchev–Trinajstić information content (AvgIpc) is 3.82. The normalized spacial score (nSPS) is 23.0. The Hall–Kier alpha value is -2.85. The molecule has 1 aliphatic carbocycles. The van der Waals surface area contributed by atoms with Gasteiger partial charge in [0.2, 0.25) is 0 Å². The number of anilines is 1. The Kier molecular flexibility index (Phi) is 14.1. The van der Waals surface area contributed by atoms with Crippen LogP contribution in [0.5, 0.6) is 0 Å². The first kappa shape index (κ1) is 34.6. The monoisotopic (exact) mass is 587 g/mol. The van der Waals surface area contributed by atoms with Crippen LogP contribution in [0.2, 0.25) is 0 Å². The molecule has 43 heavy (non-hydrogen) atoms. The first-order valence-electron chi connectivity index (χ1n) is 16.7. The molecule has 0 bridgehead atoms. The van der Waals surface area contributed by atoms with Gasteiger partial charge >= 0.3 is 0 Å². The summed E-state index contributed by atoms with van der Waals surface area (Å²) >= 11 is 0. The minimum Gasteiger partial charge on any atom is -0.378 e. The van der Waals surface area contributed by atoms with E-state index in [9.17, 15) is 4.39 Å². The average molecular weight is 588 g/mol. The number of nitrogens with zero attached hydrogens (tertiary/aromatic N) is 3. The molecule has 236 valence electrons. The molecule has 0 radical (unpaired) electrons. The maximum atomic E-state index is 13.7. The molecule has 0 amide bonds. The lowest BCUT2D eigenvalue weighted by Crippen LogP contribution is -2.47. The predicted octanol–water partition coefficient (Wildman–Crippen LogP) is 10.1. The second kappa shape index (κ2) is 17.4. The lowest BCUT2D eigenvalue weighted by molar-refractivity contribution is 0.0848. The van der Waals surface area contributed by atoms with Gasteiger partial charge in [0.05, 0.1) is 6.04 Å². The molecule has 4 aliphatic rings. The molecule has 3 heterocycles. The third-order valence-corrected chi connectivity index (χ3v) is 10.0. The first-order valence-corrected chi connectivity index (χ1v) is 16.7. The number of aryl methyl sites for hydroxylation is 1. The lowest BCUT2D eigenvalue weighted by Gasteiger charge is -2.44. The molecule has 4 heteroatoms. The fourth-order valence-corrected chi connectivity index (χ4v) is 7.32. The van der Waals surface area contributed by atoms with Crippen LogP contribution in [0.25, 0.3) is 0 Å². The highest BCUT2D eigenvalue weighted by atomic mass is 19.1. The fraction of sp³-hybridized carbons (Fsp3) is 0.538. The third-order valence-electron chi connectivity index (χ3n) is 10.0. The molecule has 4 fully saturated rings. The zero-order valence-corrected chi connectivity index (χ0v) is 27.3. The van der Waals surface area contributed by atoms with Gasteiger partial charge in [0.15, 0.2) is 0 Å². The number of likely N-dealkylation sites (tertiary alicyclic amines) is 2. The minimum atomic E-state index is -0.135. The molecule has 1 saturated carbocycles. The van der Waals surface area contributed by atoms with E-state index in [1.165, 1.54) is 108 Å². The van der Waals surface area contributed by atoms with Crippen LogP contribution >= 0.6 is 0 Å². The van der Waals surface area contributed by atoms with Crippen LogP contribution in [-0.2, 0) is 0 Å². The van der Waals surface area contributed by atoms with Gasteiger partial charge in [0.1, 0.15) is 5.82 Å². The van der Waals surface area contributed by atoms with Crippen molar-refractivity contribution in [2.45, 2.75) is 103 Å². The number of piperidine rings is 3. The van der Waals surface area contributed by atoms with Crippen molar-refractivity contribution in [3.05, 3.63) is 105 Å². The van der Waals surface area contributed by atoms with E-state index in [4.69, 9.17) is 0 Å². The standard InChI is InChI=1S/C21H26FN.C14H24N2.2C2H4/c1-3-6-19-9-5-10-21(17-7-4-8-18(22)15-17)23(19)20-13-11-16(2)12-14-20;1-2-15-9-3-13(4-10-15)16-11-7-14(5-6-14)8-12-16;2*1-2/h4,7-8,11-15,19,21H,3,5-6,9-10H2,1-2H3;2,13H,1,3-12H2;2*1-2H2/t19-,21-;;;/m0.../s1. The summed E-state index contributed by atoms with van der Waals surface area (Å²) in [5.74, 6) is -0.135. The molecular formula is C39H58FN3. The quantitative estimate of drug-likeness (QED) is 0.311. The van der Waals surface area contributed by atoms with E-state index >= 15 is 0 Å². The summed E-state index contributed by atoms with van der Waals surface area (Å²) in [6.45, 7) is 25.4. The largest absolute Gasteiger partial charge is 0.378 e. The number of hydrogen-bond donors (Lipinski definition) is 0. The summed E-state index contributed by atoms with van der Waals surface area (Å²) in [6, 6.07) is 17.6. The van der Waals surface area contributed by atoms with Crippen molar-refractivity contribution in [3.63, 3.8) is 0 Å². The summed E-state index contributed by atoms with van der Waals surface area (Å²) in [5, 5.41) is 0. The summed E-state index contributed by atoms with van der Waals surface area (Å²) in [6.07, 6.45) is 16.6. The van der Waals surface area contributed by atoms with Gasteiger partial charge in [-0.25, -0.2) is 4.39 Å². The molecule has 3 nitrogen and oxygen atoms in total. The smallest absolute Gasteiger partial charge is 0.123 e. The van der Waals surface area contributed by atoms with E-state index in [1.807, 2.05) is 12.3 Å². The van der Waals surface area contributed by atoms with Gasteiger partial charge in [-0.3, -0.25) is 0 Å². The van der Waals surface area contributed by atoms with Gasteiger partial charge in [-0.15, -0.1) is 26.3 Å². The van der Waals surface area contributed by atoms with Crippen LogP contribution < -0.4 is 4.90 Å². The molecule has 3 saturated heterocycles. The predicted molar refractivity (Wildman–Crippen MR) is 185 cm³/mol. The zero-order valence-electron chi connectivity index (χ0n) is 27.3. The van der Waals surface area contributed by atoms with Crippen LogP contribution in [0.1, 0.15) is 94.7 Å². The highest BCUT2D eigenvalue weighted by molar-refractivity contribution is 5.51. The van der Waals surface area contributed by atoms with Crippen molar-refractivity contribution in [2.24, 2.45) is 5.41 Å². The lowest BCUT2D eigenvalue weighted by atomic mass is 9.88. The van der Waals surface area contributed by atoms with Crippen molar-refractivity contribution in [2.75, 3.05) is 31.1 Å². The van der Waals surface area contributed by atoms with Gasteiger partial charge in [-0.2, -0.15) is 0 Å². The van der Waals surface area contributed by atoms with Gasteiger partial charge in [-0.1, -0.05) is 49.8 Å². The zero-order chi connectivity index (χ0) is 31.2.